The van der Waals surface area contributed by atoms with Gasteiger partial charge in [-0.15, -0.1) is 0 Å². The number of carbonyl (C=O) groups is 1. The Labute approximate surface area is 177 Å². The standard InChI is InChI=1S/C22H21ClF3NO3/c1-29-20-12-17-13(11-19(20)27-4-6-30-7-5-27)8-15(21(17)28)9-14-10-16(23)2-3-18(14)22(24,25)26/h2-3,10-12,15H,4-9H2,1H3. The number of rotatable bonds is 4. The molecule has 2 aromatic rings. The Hall–Kier alpha value is -2.25. The summed E-state index contributed by atoms with van der Waals surface area (Å²) in [6.45, 7) is 2.64. The van der Waals surface area contributed by atoms with Crippen molar-refractivity contribution in [3.63, 3.8) is 0 Å². The first-order valence-electron chi connectivity index (χ1n) is 9.71. The SMILES string of the molecule is COc1cc2c(cc1N1CCOCC1)CC(Cc1cc(Cl)ccc1C(F)(F)F)C2=O. The summed E-state index contributed by atoms with van der Waals surface area (Å²) in [5.41, 5.74) is 1.53. The second kappa shape index (κ2) is 8.12. The van der Waals surface area contributed by atoms with Gasteiger partial charge in [-0.1, -0.05) is 11.6 Å². The summed E-state index contributed by atoms with van der Waals surface area (Å²) in [7, 11) is 1.55. The van der Waals surface area contributed by atoms with Gasteiger partial charge in [0.05, 0.1) is 31.6 Å². The molecule has 1 saturated heterocycles. The molecule has 1 atom stereocenters. The van der Waals surface area contributed by atoms with E-state index in [0.717, 1.165) is 17.3 Å². The molecule has 0 aromatic heterocycles. The van der Waals surface area contributed by atoms with Crippen LogP contribution in [0.25, 0.3) is 0 Å². The molecule has 4 nitrogen and oxygen atoms in total. The van der Waals surface area contributed by atoms with Crippen molar-refractivity contribution in [2.24, 2.45) is 5.92 Å². The lowest BCUT2D eigenvalue weighted by Gasteiger charge is -2.30. The van der Waals surface area contributed by atoms with Crippen LogP contribution in [0.4, 0.5) is 18.9 Å². The highest BCUT2D eigenvalue weighted by Crippen LogP contribution is 2.40. The van der Waals surface area contributed by atoms with E-state index >= 15 is 0 Å². The van der Waals surface area contributed by atoms with Crippen LogP contribution in [-0.4, -0.2) is 39.2 Å². The maximum atomic E-state index is 13.4. The van der Waals surface area contributed by atoms with E-state index in [1.807, 2.05) is 6.07 Å². The minimum atomic E-state index is -4.50. The fourth-order valence-electron chi connectivity index (χ4n) is 4.24. The van der Waals surface area contributed by atoms with Crippen molar-refractivity contribution in [2.45, 2.75) is 19.0 Å². The number of nitrogens with zero attached hydrogens (tertiary/aromatic N) is 1. The molecular weight excluding hydrogens is 419 g/mol. The van der Waals surface area contributed by atoms with Gasteiger partial charge in [0.1, 0.15) is 5.75 Å². The predicted molar refractivity (Wildman–Crippen MR) is 108 cm³/mol. The van der Waals surface area contributed by atoms with Gasteiger partial charge in [-0.2, -0.15) is 13.2 Å². The highest BCUT2D eigenvalue weighted by molar-refractivity contribution is 6.30. The number of halogens is 4. The number of ether oxygens (including phenoxy) is 2. The average Bonchev–Trinajstić information content (AvgIpc) is 3.01. The van der Waals surface area contributed by atoms with Crippen LogP contribution in [0, 0.1) is 5.92 Å². The Morgan fingerprint density at radius 2 is 1.93 bits per heavy atom. The lowest BCUT2D eigenvalue weighted by molar-refractivity contribution is -0.138. The summed E-state index contributed by atoms with van der Waals surface area (Å²) in [6.07, 6.45) is -4.13. The van der Waals surface area contributed by atoms with Gasteiger partial charge in [-0.25, -0.2) is 0 Å². The number of carbonyl (C=O) groups excluding carboxylic acids is 1. The van der Waals surface area contributed by atoms with Gasteiger partial charge in [0.25, 0.3) is 0 Å². The molecule has 0 spiro atoms. The van der Waals surface area contributed by atoms with Crippen LogP contribution >= 0.6 is 11.6 Å². The van der Waals surface area contributed by atoms with Crippen LogP contribution in [0.5, 0.6) is 5.75 Å². The van der Waals surface area contributed by atoms with Crippen molar-refractivity contribution in [3.05, 3.63) is 57.6 Å². The first kappa shape index (κ1) is 21.0. The van der Waals surface area contributed by atoms with Crippen LogP contribution in [0.15, 0.2) is 30.3 Å². The zero-order valence-electron chi connectivity index (χ0n) is 16.4. The number of ketones is 1. The molecule has 0 radical (unpaired) electrons. The molecule has 0 amide bonds. The van der Waals surface area contributed by atoms with E-state index in [0.29, 0.717) is 44.0 Å². The van der Waals surface area contributed by atoms with Crippen LogP contribution in [0.1, 0.15) is 27.0 Å². The lowest BCUT2D eigenvalue weighted by atomic mass is 9.92. The van der Waals surface area contributed by atoms with Gasteiger partial charge < -0.3 is 14.4 Å². The monoisotopic (exact) mass is 439 g/mol. The van der Waals surface area contributed by atoms with E-state index in [9.17, 15) is 18.0 Å². The summed E-state index contributed by atoms with van der Waals surface area (Å²) >= 11 is 5.94. The van der Waals surface area contributed by atoms with E-state index in [1.165, 1.54) is 12.1 Å². The number of hydrogen-bond acceptors (Lipinski definition) is 4. The van der Waals surface area contributed by atoms with E-state index in [2.05, 4.69) is 4.90 Å². The number of benzene rings is 2. The largest absolute Gasteiger partial charge is 0.495 e. The molecule has 30 heavy (non-hydrogen) atoms. The van der Waals surface area contributed by atoms with Crippen LogP contribution in [0.3, 0.4) is 0 Å². The Morgan fingerprint density at radius 1 is 1.20 bits per heavy atom. The van der Waals surface area contributed by atoms with Crippen LogP contribution < -0.4 is 9.64 Å². The van der Waals surface area contributed by atoms with Crippen LogP contribution in [-0.2, 0) is 23.8 Å². The molecule has 2 aromatic carbocycles. The van der Waals surface area contributed by atoms with Gasteiger partial charge in [-0.3, -0.25) is 4.79 Å². The molecule has 1 heterocycles. The van der Waals surface area contributed by atoms with Crippen molar-refractivity contribution in [3.8, 4) is 5.75 Å². The van der Waals surface area contributed by atoms with Crippen molar-refractivity contribution in [1.82, 2.24) is 0 Å². The Balaban J connectivity index is 1.64. The normalized spacial score (nSPS) is 19.2. The van der Waals surface area contributed by atoms with Gasteiger partial charge >= 0.3 is 6.18 Å². The number of fused-ring (bicyclic) bond motifs is 1. The second-order valence-electron chi connectivity index (χ2n) is 7.55. The third kappa shape index (κ3) is 4.01. The molecule has 1 aliphatic heterocycles. The summed E-state index contributed by atoms with van der Waals surface area (Å²) in [5, 5.41) is 0.220. The Bertz CT molecular complexity index is 971. The average molecular weight is 440 g/mol. The molecule has 1 fully saturated rings. The molecule has 0 N–H and O–H groups in total. The number of methoxy groups -OCH3 is 1. The maximum absolute atomic E-state index is 13.4. The first-order chi connectivity index (χ1) is 14.3. The number of hydrogen-bond donors (Lipinski definition) is 0. The molecule has 8 heteroatoms. The fraction of sp³-hybridized carbons (Fsp3) is 0.409. The number of alkyl halides is 3. The number of anilines is 1. The van der Waals surface area contributed by atoms with E-state index in [1.54, 1.807) is 13.2 Å². The molecule has 4 rings (SSSR count). The molecule has 0 bridgehead atoms. The smallest absolute Gasteiger partial charge is 0.416 e. The topological polar surface area (TPSA) is 38.8 Å². The molecule has 2 aliphatic rings. The molecular formula is C22H21ClF3NO3. The van der Waals surface area contributed by atoms with Crippen molar-refractivity contribution < 1.29 is 27.4 Å². The molecule has 0 saturated carbocycles. The van der Waals surface area contributed by atoms with Gasteiger partial charge in [0, 0.05) is 29.6 Å². The summed E-state index contributed by atoms with van der Waals surface area (Å²) in [6, 6.07) is 7.15. The zero-order valence-corrected chi connectivity index (χ0v) is 17.1. The van der Waals surface area contributed by atoms with Crippen molar-refractivity contribution >= 4 is 23.1 Å². The third-order valence-electron chi connectivity index (χ3n) is 5.70. The second-order valence-corrected chi connectivity index (χ2v) is 7.99. The molecule has 1 unspecified atom stereocenters. The first-order valence-corrected chi connectivity index (χ1v) is 10.1. The minimum absolute atomic E-state index is 0.0158. The van der Waals surface area contributed by atoms with Gasteiger partial charge in [-0.05, 0) is 54.3 Å². The highest BCUT2D eigenvalue weighted by atomic mass is 35.5. The fourth-order valence-corrected chi connectivity index (χ4v) is 4.44. The lowest BCUT2D eigenvalue weighted by Crippen LogP contribution is -2.36. The zero-order chi connectivity index (χ0) is 21.5. The minimum Gasteiger partial charge on any atom is -0.495 e. The third-order valence-corrected chi connectivity index (χ3v) is 5.93. The van der Waals surface area contributed by atoms with Gasteiger partial charge in [0.15, 0.2) is 5.78 Å². The quantitative estimate of drug-likeness (QED) is 0.686. The van der Waals surface area contributed by atoms with Crippen molar-refractivity contribution in [1.29, 1.82) is 0 Å². The predicted octanol–water partition coefficient (Wildman–Crippen LogP) is 4.80. The maximum Gasteiger partial charge on any atom is 0.416 e. The van der Waals surface area contributed by atoms with Crippen LogP contribution in [0.2, 0.25) is 5.02 Å². The summed E-state index contributed by atoms with van der Waals surface area (Å²) < 4.78 is 51.1. The molecule has 160 valence electrons. The van der Waals surface area contributed by atoms with Gasteiger partial charge in [0.2, 0.25) is 0 Å². The Kier molecular flexibility index (Phi) is 5.68. The highest BCUT2D eigenvalue weighted by Gasteiger charge is 2.37. The number of Topliss-reactive ketones (excluding diaryl/α,β-unsaturated/α-hetero) is 1. The Morgan fingerprint density at radius 3 is 2.60 bits per heavy atom. The van der Waals surface area contributed by atoms with E-state index in [4.69, 9.17) is 21.1 Å². The van der Waals surface area contributed by atoms with E-state index < -0.39 is 17.7 Å². The van der Waals surface area contributed by atoms with Crippen molar-refractivity contribution in [2.75, 3.05) is 38.3 Å². The summed E-state index contributed by atoms with van der Waals surface area (Å²) in [5.74, 6) is -0.141. The molecule has 1 aliphatic carbocycles. The summed E-state index contributed by atoms with van der Waals surface area (Å²) in [4.78, 5) is 15.1. The van der Waals surface area contributed by atoms with E-state index in [-0.39, 0.29) is 22.8 Å². The number of morpholine rings is 1.